The molecule has 1 aliphatic rings. The number of thioether (sulfide) groups is 1. The standard InChI is InChI=1S/C26H22ClFN4O2S2/c1-15-9-11-16(12-10-15)32-25(34)23-17-5-2-3-8-21(17)36-24(23)30-26(32)35-14-22(33)31-29-13-18-19(27)6-4-7-20(18)28/h4,6-7,9-13H,2-3,5,8,14H2,1H3,(H,31,33)/b29-13+. The first kappa shape index (κ1) is 24.7. The summed E-state index contributed by atoms with van der Waals surface area (Å²) in [7, 11) is 0. The highest BCUT2D eigenvalue weighted by atomic mass is 35.5. The SMILES string of the molecule is Cc1ccc(-n2c(SCC(=O)N/N=C/c3c(F)cccc3Cl)nc3sc4c(c3c2=O)CCCC4)cc1. The van der Waals surface area contributed by atoms with Crippen LogP contribution in [0.3, 0.4) is 0 Å². The first-order chi connectivity index (χ1) is 17.4. The van der Waals surface area contributed by atoms with Crippen LogP contribution in [0, 0.1) is 12.7 Å². The fourth-order valence-electron chi connectivity index (χ4n) is 4.17. The summed E-state index contributed by atoms with van der Waals surface area (Å²) in [5.41, 5.74) is 5.26. The third-order valence-corrected chi connectivity index (χ3v) is 8.42. The summed E-state index contributed by atoms with van der Waals surface area (Å²) in [6, 6.07) is 12.0. The van der Waals surface area contributed by atoms with Gasteiger partial charge in [0.15, 0.2) is 5.16 Å². The Morgan fingerprint density at radius 2 is 2.03 bits per heavy atom. The van der Waals surface area contributed by atoms with E-state index in [9.17, 15) is 14.0 Å². The van der Waals surface area contributed by atoms with Crippen molar-refractivity contribution in [1.29, 1.82) is 0 Å². The van der Waals surface area contributed by atoms with Crippen LogP contribution in [0.1, 0.15) is 34.4 Å². The predicted octanol–water partition coefficient (Wildman–Crippen LogP) is 5.67. The van der Waals surface area contributed by atoms with E-state index in [0.29, 0.717) is 21.1 Å². The number of aryl methyl sites for hydroxylation is 3. The fourth-order valence-corrected chi connectivity index (χ4v) is 6.49. The van der Waals surface area contributed by atoms with Gasteiger partial charge in [0.1, 0.15) is 10.6 Å². The Bertz CT molecular complexity index is 1530. The number of hydrogen-bond donors (Lipinski definition) is 1. The van der Waals surface area contributed by atoms with E-state index in [0.717, 1.165) is 48.6 Å². The molecule has 6 nitrogen and oxygen atoms in total. The highest BCUT2D eigenvalue weighted by Crippen LogP contribution is 2.35. The molecule has 184 valence electrons. The lowest BCUT2D eigenvalue weighted by Crippen LogP contribution is -2.24. The van der Waals surface area contributed by atoms with Gasteiger partial charge in [-0.05, 0) is 62.4 Å². The number of amides is 1. The Morgan fingerprint density at radius 1 is 1.25 bits per heavy atom. The van der Waals surface area contributed by atoms with Crippen molar-refractivity contribution in [2.45, 2.75) is 37.8 Å². The number of rotatable bonds is 6. The summed E-state index contributed by atoms with van der Waals surface area (Å²) >= 11 is 8.71. The van der Waals surface area contributed by atoms with Gasteiger partial charge in [-0.15, -0.1) is 11.3 Å². The summed E-state index contributed by atoms with van der Waals surface area (Å²) in [6.07, 6.45) is 5.21. The zero-order valence-corrected chi connectivity index (χ0v) is 21.8. The number of halogens is 2. The molecule has 0 saturated heterocycles. The summed E-state index contributed by atoms with van der Waals surface area (Å²) in [5.74, 6) is -0.982. The second kappa shape index (κ2) is 10.5. The van der Waals surface area contributed by atoms with Gasteiger partial charge in [-0.3, -0.25) is 14.2 Å². The Kier molecular flexibility index (Phi) is 7.22. The molecule has 1 aliphatic carbocycles. The molecule has 0 spiro atoms. The minimum absolute atomic E-state index is 0.0305. The molecule has 10 heteroatoms. The summed E-state index contributed by atoms with van der Waals surface area (Å²) in [4.78, 5) is 33.0. The second-order valence-corrected chi connectivity index (χ2v) is 10.9. The van der Waals surface area contributed by atoms with Crippen LogP contribution in [0.15, 0.2) is 57.5 Å². The monoisotopic (exact) mass is 540 g/mol. The van der Waals surface area contributed by atoms with Crippen molar-refractivity contribution in [3.8, 4) is 5.69 Å². The lowest BCUT2D eigenvalue weighted by Gasteiger charge is -2.13. The molecule has 0 atom stereocenters. The zero-order valence-electron chi connectivity index (χ0n) is 19.4. The molecule has 0 fully saturated rings. The van der Waals surface area contributed by atoms with E-state index in [2.05, 4.69) is 10.5 Å². The van der Waals surface area contributed by atoms with Crippen molar-refractivity contribution in [1.82, 2.24) is 15.0 Å². The molecule has 4 aromatic rings. The number of hydrogen-bond acceptors (Lipinski definition) is 6. The molecule has 0 unspecified atom stereocenters. The number of nitrogens with one attached hydrogen (secondary N) is 1. The van der Waals surface area contributed by atoms with Crippen molar-refractivity contribution in [3.63, 3.8) is 0 Å². The van der Waals surface area contributed by atoms with Gasteiger partial charge in [0.2, 0.25) is 0 Å². The zero-order chi connectivity index (χ0) is 25.2. The Labute approximate surface area is 220 Å². The average molecular weight is 541 g/mol. The van der Waals surface area contributed by atoms with E-state index in [-0.39, 0.29) is 21.9 Å². The third-order valence-electron chi connectivity index (χ3n) is 5.97. The van der Waals surface area contributed by atoms with Crippen molar-refractivity contribution in [2.75, 3.05) is 5.75 Å². The number of nitrogens with zero attached hydrogens (tertiary/aromatic N) is 3. The molecule has 1 N–H and O–H groups in total. The number of hydrazone groups is 1. The minimum Gasteiger partial charge on any atom is -0.272 e. The average Bonchev–Trinajstić information content (AvgIpc) is 3.24. The molecular formula is C26H22ClFN4O2S2. The van der Waals surface area contributed by atoms with Crippen molar-refractivity contribution in [3.05, 3.63) is 85.2 Å². The van der Waals surface area contributed by atoms with Gasteiger partial charge in [-0.1, -0.05) is 47.1 Å². The quantitative estimate of drug-likeness (QED) is 0.148. The van der Waals surface area contributed by atoms with Crippen LogP contribution in [-0.4, -0.2) is 27.4 Å². The number of carbonyl (C=O) groups excluding carboxylic acids is 1. The third kappa shape index (κ3) is 4.96. The maximum absolute atomic E-state index is 13.9. The summed E-state index contributed by atoms with van der Waals surface area (Å²) < 4.78 is 15.5. The van der Waals surface area contributed by atoms with E-state index in [1.54, 1.807) is 15.9 Å². The molecule has 0 aliphatic heterocycles. The molecule has 5 rings (SSSR count). The van der Waals surface area contributed by atoms with Crippen LogP contribution in [0.25, 0.3) is 15.9 Å². The topological polar surface area (TPSA) is 76.3 Å². The Morgan fingerprint density at radius 3 is 2.81 bits per heavy atom. The molecule has 0 saturated carbocycles. The highest BCUT2D eigenvalue weighted by molar-refractivity contribution is 7.99. The largest absolute Gasteiger partial charge is 0.272 e. The summed E-state index contributed by atoms with van der Waals surface area (Å²) in [5, 5.41) is 5.15. The molecular weight excluding hydrogens is 519 g/mol. The molecule has 2 aromatic carbocycles. The van der Waals surface area contributed by atoms with Gasteiger partial charge < -0.3 is 0 Å². The van der Waals surface area contributed by atoms with Crippen molar-refractivity contribution >= 4 is 57.0 Å². The van der Waals surface area contributed by atoms with E-state index < -0.39 is 11.7 Å². The normalized spacial score (nSPS) is 13.3. The number of carbonyl (C=O) groups is 1. The molecule has 2 aromatic heterocycles. The number of aromatic nitrogens is 2. The van der Waals surface area contributed by atoms with Crippen LogP contribution in [-0.2, 0) is 17.6 Å². The molecule has 2 heterocycles. The maximum atomic E-state index is 13.9. The number of fused-ring (bicyclic) bond motifs is 3. The smallest absolute Gasteiger partial charge is 0.267 e. The van der Waals surface area contributed by atoms with Crippen LogP contribution in [0.2, 0.25) is 5.02 Å². The van der Waals surface area contributed by atoms with Crippen molar-refractivity contribution in [2.24, 2.45) is 5.10 Å². The second-order valence-electron chi connectivity index (χ2n) is 8.48. The van der Waals surface area contributed by atoms with Gasteiger partial charge in [0.05, 0.1) is 28.1 Å². The highest BCUT2D eigenvalue weighted by Gasteiger charge is 2.23. The molecule has 0 bridgehead atoms. The van der Waals surface area contributed by atoms with E-state index in [1.807, 2.05) is 31.2 Å². The van der Waals surface area contributed by atoms with Crippen LogP contribution in [0.5, 0.6) is 0 Å². The number of benzene rings is 2. The lowest BCUT2D eigenvalue weighted by atomic mass is 9.97. The van der Waals surface area contributed by atoms with Gasteiger partial charge in [0.25, 0.3) is 11.5 Å². The van der Waals surface area contributed by atoms with Gasteiger partial charge >= 0.3 is 0 Å². The van der Waals surface area contributed by atoms with Gasteiger partial charge in [0, 0.05) is 10.4 Å². The fraction of sp³-hybridized carbons (Fsp3) is 0.231. The Balaban J connectivity index is 1.43. The van der Waals surface area contributed by atoms with Gasteiger partial charge in [-0.2, -0.15) is 5.10 Å². The van der Waals surface area contributed by atoms with Gasteiger partial charge in [-0.25, -0.2) is 14.8 Å². The van der Waals surface area contributed by atoms with Crippen LogP contribution in [0.4, 0.5) is 4.39 Å². The molecule has 1 amide bonds. The van der Waals surface area contributed by atoms with E-state index in [4.69, 9.17) is 16.6 Å². The van der Waals surface area contributed by atoms with E-state index >= 15 is 0 Å². The first-order valence-corrected chi connectivity index (χ1v) is 13.6. The maximum Gasteiger partial charge on any atom is 0.267 e. The van der Waals surface area contributed by atoms with E-state index in [1.165, 1.54) is 29.3 Å². The number of thiophene rings is 1. The lowest BCUT2D eigenvalue weighted by molar-refractivity contribution is -0.118. The molecule has 36 heavy (non-hydrogen) atoms. The van der Waals surface area contributed by atoms with Crippen molar-refractivity contribution < 1.29 is 9.18 Å². The van der Waals surface area contributed by atoms with Crippen LogP contribution >= 0.6 is 34.7 Å². The summed E-state index contributed by atoms with van der Waals surface area (Å²) in [6.45, 7) is 1.98. The predicted molar refractivity (Wildman–Crippen MR) is 144 cm³/mol. The van der Waals surface area contributed by atoms with Crippen LogP contribution < -0.4 is 11.0 Å². The molecule has 0 radical (unpaired) electrons. The first-order valence-electron chi connectivity index (χ1n) is 11.5. The Hall–Kier alpha value is -3.01. The minimum atomic E-state index is -0.534.